The Bertz CT molecular complexity index is 455. The Balaban J connectivity index is 2.15. The molecule has 0 unspecified atom stereocenters. The van der Waals surface area contributed by atoms with Crippen LogP contribution >= 0.6 is 0 Å². The van der Waals surface area contributed by atoms with Gasteiger partial charge in [0.15, 0.2) is 5.78 Å². The van der Waals surface area contributed by atoms with Gasteiger partial charge in [-0.3, -0.25) is 9.69 Å². The Labute approximate surface area is 115 Å². The maximum atomic E-state index is 12.5. The molecular weight excluding hydrogens is 238 g/mol. The van der Waals surface area contributed by atoms with Crippen LogP contribution in [-0.4, -0.2) is 41.5 Å². The Morgan fingerprint density at radius 1 is 1.26 bits per heavy atom. The normalized spacial score (nSPS) is 15.0. The lowest BCUT2D eigenvalue weighted by atomic mass is 9.96. The second kappa shape index (κ2) is 5.85. The van der Waals surface area contributed by atoms with Crippen molar-refractivity contribution in [3.63, 3.8) is 0 Å². The first kappa shape index (κ1) is 14.2. The summed E-state index contributed by atoms with van der Waals surface area (Å²) in [5.74, 6) is 0.176. The van der Waals surface area contributed by atoms with Crippen LogP contribution in [0.15, 0.2) is 12.1 Å². The van der Waals surface area contributed by atoms with Crippen LogP contribution in [0.25, 0.3) is 0 Å². The largest absolute Gasteiger partial charge is 0.395 e. The molecule has 1 aliphatic rings. The van der Waals surface area contributed by atoms with Crippen molar-refractivity contribution in [2.75, 3.05) is 19.7 Å². The molecule has 2 rings (SSSR count). The molecule has 104 valence electrons. The van der Waals surface area contributed by atoms with Crippen LogP contribution in [-0.2, 0) is 0 Å². The molecule has 0 aliphatic heterocycles. The summed E-state index contributed by atoms with van der Waals surface area (Å²) < 4.78 is 0. The van der Waals surface area contributed by atoms with Gasteiger partial charge in [-0.2, -0.15) is 0 Å². The molecular formula is C16H23NO2. The molecule has 3 heteroatoms. The summed E-state index contributed by atoms with van der Waals surface area (Å²) in [5, 5.41) is 9.09. The van der Waals surface area contributed by atoms with Gasteiger partial charge in [-0.15, -0.1) is 0 Å². The standard InChI is InChI=1S/C16H23NO2/c1-11-8-12(2)16(13(3)9-11)15(19)10-17(6-7-18)14-4-5-14/h8-9,14,18H,4-7,10H2,1-3H3. The Morgan fingerprint density at radius 2 is 1.84 bits per heavy atom. The number of benzene rings is 1. The minimum absolute atomic E-state index is 0.121. The van der Waals surface area contributed by atoms with Crippen LogP contribution in [0.5, 0.6) is 0 Å². The molecule has 0 saturated heterocycles. The first-order valence-corrected chi connectivity index (χ1v) is 6.99. The molecule has 1 saturated carbocycles. The summed E-state index contributed by atoms with van der Waals surface area (Å²) in [7, 11) is 0. The molecule has 1 aromatic rings. The number of hydrogen-bond acceptors (Lipinski definition) is 3. The van der Waals surface area contributed by atoms with Gasteiger partial charge >= 0.3 is 0 Å². The van der Waals surface area contributed by atoms with Crippen LogP contribution in [0, 0.1) is 20.8 Å². The first-order valence-electron chi connectivity index (χ1n) is 6.99. The van der Waals surface area contributed by atoms with Gasteiger partial charge in [0.05, 0.1) is 13.2 Å². The van der Waals surface area contributed by atoms with Crippen molar-refractivity contribution in [2.45, 2.75) is 39.7 Å². The summed E-state index contributed by atoms with van der Waals surface area (Å²) in [6.45, 7) is 7.20. The zero-order chi connectivity index (χ0) is 14.0. The third-order valence-corrected chi connectivity index (χ3v) is 3.75. The van der Waals surface area contributed by atoms with Gasteiger partial charge in [0, 0.05) is 18.2 Å². The second-order valence-electron chi connectivity index (χ2n) is 5.62. The van der Waals surface area contributed by atoms with E-state index in [4.69, 9.17) is 5.11 Å². The molecule has 0 atom stereocenters. The van der Waals surface area contributed by atoms with E-state index in [1.165, 1.54) is 5.56 Å². The number of hydrogen-bond donors (Lipinski definition) is 1. The maximum Gasteiger partial charge on any atom is 0.177 e. The fraction of sp³-hybridized carbons (Fsp3) is 0.562. The van der Waals surface area contributed by atoms with E-state index >= 15 is 0 Å². The highest BCUT2D eigenvalue weighted by molar-refractivity contribution is 6.00. The van der Waals surface area contributed by atoms with Crippen molar-refractivity contribution in [3.8, 4) is 0 Å². The number of aryl methyl sites for hydroxylation is 3. The van der Waals surface area contributed by atoms with Gasteiger partial charge in [-0.1, -0.05) is 17.7 Å². The van der Waals surface area contributed by atoms with Gasteiger partial charge in [-0.25, -0.2) is 0 Å². The minimum Gasteiger partial charge on any atom is -0.395 e. The molecule has 19 heavy (non-hydrogen) atoms. The summed E-state index contributed by atoms with van der Waals surface area (Å²) in [4.78, 5) is 14.6. The van der Waals surface area contributed by atoms with Crippen molar-refractivity contribution < 1.29 is 9.90 Å². The van der Waals surface area contributed by atoms with E-state index in [-0.39, 0.29) is 12.4 Å². The van der Waals surface area contributed by atoms with E-state index in [0.717, 1.165) is 29.5 Å². The summed E-state index contributed by atoms with van der Waals surface area (Å²) in [5.41, 5.74) is 4.17. The predicted molar refractivity (Wildman–Crippen MR) is 76.7 cm³/mol. The van der Waals surface area contributed by atoms with Crippen molar-refractivity contribution in [2.24, 2.45) is 0 Å². The summed E-state index contributed by atoms with van der Waals surface area (Å²) in [6.07, 6.45) is 2.30. The lowest BCUT2D eigenvalue weighted by Gasteiger charge is -2.21. The fourth-order valence-electron chi connectivity index (χ4n) is 2.84. The zero-order valence-electron chi connectivity index (χ0n) is 12.1. The molecule has 1 aromatic carbocycles. The average molecular weight is 261 g/mol. The Morgan fingerprint density at radius 3 is 2.32 bits per heavy atom. The van der Waals surface area contributed by atoms with Crippen LogP contribution < -0.4 is 0 Å². The Hall–Kier alpha value is -1.19. The number of aliphatic hydroxyl groups excluding tert-OH is 1. The molecule has 0 radical (unpaired) electrons. The van der Waals surface area contributed by atoms with Crippen molar-refractivity contribution in [1.82, 2.24) is 4.90 Å². The molecule has 0 amide bonds. The van der Waals surface area contributed by atoms with Crippen LogP contribution in [0.1, 0.15) is 39.9 Å². The molecule has 1 aliphatic carbocycles. The third kappa shape index (κ3) is 3.43. The number of Topliss-reactive ketones (excluding diaryl/α,β-unsaturated/α-hetero) is 1. The molecule has 0 bridgehead atoms. The fourth-order valence-corrected chi connectivity index (χ4v) is 2.84. The van der Waals surface area contributed by atoms with Gasteiger partial charge in [0.25, 0.3) is 0 Å². The predicted octanol–water partition coefficient (Wildman–Crippen LogP) is 2.25. The number of ketones is 1. The first-order chi connectivity index (χ1) is 9.02. The summed E-state index contributed by atoms with van der Waals surface area (Å²) >= 11 is 0. The number of carbonyl (C=O) groups is 1. The quantitative estimate of drug-likeness (QED) is 0.798. The third-order valence-electron chi connectivity index (χ3n) is 3.75. The highest BCUT2D eigenvalue weighted by Crippen LogP contribution is 2.27. The van der Waals surface area contributed by atoms with Gasteiger partial charge in [-0.05, 0) is 44.7 Å². The maximum absolute atomic E-state index is 12.5. The number of carbonyl (C=O) groups excluding carboxylic acids is 1. The molecule has 1 N–H and O–H groups in total. The van der Waals surface area contributed by atoms with Crippen LogP contribution in [0.3, 0.4) is 0 Å². The molecule has 0 heterocycles. The monoisotopic (exact) mass is 261 g/mol. The highest BCUT2D eigenvalue weighted by atomic mass is 16.3. The van der Waals surface area contributed by atoms with Crippen LogP contribution in [0.4, 0.5) is 0 Å². The van der Waals surface area contributed by atoms with Gasteiger partial charge in [0.1, 0.15) is 0 Å². The molecule has 0 spiro atoms. The van der Waals surface area contributed by atoms with Gasteiger partial charge in [0.2, 0.25) is 0 Å². The lowest BCUT2D eigenvalue weighted by Crippen LogP contribution is -2.34. The number of aliphatic hydroxyl groups is 1. The van der Waals surface area contributed by atoms with E-state index in [2.05, 4.69) is 24.0 Å². The average Bonchev–Trinajstić information content (AvgIpc) is 3.10. The molecule has 1 fully saturated rings. The van der Waals surface area contributed by atoms with E-state index < -0.39 is 0 Å². The van der Waals surface area contributed by atoms with Crippen molar-refractivity contribution in [3.05, 3.63) is 34.4 Å². The number of nitrogens with zero attached hydrogens (tertiary/aromatic N) is 1. The Kier molecular flexibility index (Phi) is 4.38. The summed E-state index contributed by atoms with van der Waals surface area (Å²) in [6, 6.07) is 4.63. The smallest absolute Gasteiger partial charge is 0.177 e. The highest BCUT2D eigenvalue weighted by Gasteiger charge is 2.30. The van der Waals surface area contributed by atoms with E-state index in [1.54, 1.807) is 0 Å². The van der Waals surface area contributed by atoms with E-state index in [9.17, 15) is 4.79 Å². The van der Waals surface area contributed by atoms with E-state index in [0.29, 0.717) is 19.1 Å². The molecule has 3 nitrogen and oxygen atoms in total. The van der Waals surface area contributed by atoms with Gasteiger partial charge < -0.3 is 5.11 Å². The topological polar surface area (TPSA) is 40.5 Å². The zero-order valence-corrected chi connectivity index (χ0v) is 12.1. The molecule has 0 aromatic heterocycles. The van der Waals surface area contributed by atoms with Crippen molar-refractivity contribution >= 4 is 5.78 Å². The van der Waals surface area contributed by atoms with Crippen LogP contribution in [0.2, 0.25) is 0 Å². The lowest BCUT2D eigenvalue weighted by molar-refractivity contribution is 0.0906. The SMILES string of the molecule is Cc1cc(C)c(C(=O)CN(CCO)C2CC2)c(C)c1. The van der Waals surface area contributed by atoms with Crippen molar-refractivity contribution in [1.29, 1.82) is 0 Å². The minimum atomic E-state index is 0.121. The second-order valence-corrected chi connectivity index (χ2v) is 5.62. The van der Waals surface area contributed by atoms with E-state index in [1.807, 2.05) is 13.8 Å². The number of rotatable bonds is 6.